The number of nitrogens with one attached hydrogen (secondary N) is 1. The fourth-order valence-corrected chi connectivity index (χ4v) is 2.63. The maximum absolute atomic E-state index is 14.2. The Morgan fingerprint density at radius 3 is 2.37 bits per heavy atom. The molecule has 0 fully saturated rings. The van der Waals surface area contributed by atoms with Crippen LogP contribution >= 0.6 is 0 Å². The van der Waals surface area contributed by atoms with Crippen LogP contribution in [0.15, 0.2) is 16.9 Å². The van der Waals surface area contributed by atoms with E-state index in [2.05, 4.69) is 5.10 Å². The molecule has 0 aliphatic heterocycles. The molecule has 0 atom stereocenters. The summed E-state index contributed by atoms with van der Waals surface area (Å²) in [5, 5.41) is 12.1. The zero-order valence-electron chi connectivity index (χ0n) is 13.3. The predicted octanol–water partition coefficient (Wildman–Crippen LogP) is 0.714. The van der Waals surface area contributed by atoms with E-state index in [9.17, 15) is 30.8 Å². The molecule has 0 bridgehead atoms. The topological polar surface area (TPSA) is 110 Å². The number of nitriles is 1. The van der Waals surface area contributed by atoms with Crippen LogP contribution in [0.3, 0.4) is 0 Å². The average Bonchev–Trinajstić information content (AvgIpc) is 2.84. The van der Waals surface area contributed by atoms with Crippen LogP contribution in [-0.4, -0.2) is 79.9 Å². The summed E-state index contributed by atoms with van der Waals surface area (Å²) in [7, 11) is -3.07. The summed E-state index contributed by atoms with van der Waals surface area (Å²) in [6.07, 6.45) is -4.96. The molecule has 1 heterocycles. The van der Waals surface area contributed by atoms with Gasteiger partial charge in [0.1, 0.15) is 11.8 Å². The zero-order chi connectivity index (χ0) is 19.9. The second-order valence-electron chi connectivity index (χ2n) is 5.04. The molecule has 2 rings (SSSR count). The first-order valence-corrected chi connectivity index (χ1v) is 8.54. The number of hydrogen-bond acceptors (Lipinski definition) is 5. The van der Waals surface area contributed by atoms with Crippen LogP contribution in [0.2, 0.25) is 0 Å². The van der Waals surface area contributed by atoms with E-state index in [0.29, 0.717) is 6.07 Å². The molecule has 0 aliphatic carbocycles. The van der Waals surface area contributed by atoms with Gasteiger partial charge in [0.05, 0.1) is 17.0 Å². The number of rotatable bonds is 4. The second kappa shape index (κ2) is 8.41. The van der Waals surface area contributed by atoms with Crippen LogP contribution in [0.4, 0.5) is 23.2 Å². The van der Waals surface area contributed by atoms with Crippen LogP contribution in [-0.2, 0) is 23.2 Å². The molecule has 8 nitrogen and oxygen atoms in total. The predicted molar refractivity (Wildman–Crippen MR) is 88.7 cm³/mol. The average molecular weight is 433 g/mol. The van der Waals surface area contributed by atoms with Gasteiger partial charge < -0.3 is 0 Å². The van der Waals surface area contributed by atoms with E-state index in [0.717, 1.165) is 13.1 Å². The molecule has 0 saturated heterocycles. The third-order valence-electron chi connectivity index (χ3n) is 3.32. The fraction of sp³-hybridized carbons (Fsp3) is 0.308. The van der Waals surface area contributed by atoms with Crippen LogP contribution in [0.1, 0.15) is 18.3 Å². The van der Waals surface area contributed by atoms with Crippen LogP contribution in [0.5, 0.6) is 0 Å². The van der Waals surface area contributed by atoms with Gasteiger partial charge in [-0.25, -0.2) is 17.6 Å². The number of benzene rings is 1. The number of sulfonamides is 1. The number of anilines is 1. The summed E-state index contributed by atoms with van der Waals surface area (Å²) >= 11 is 0. The van der Waals surface area contributed by atoms with E-state index >= 15 is 0 Å². The van der Waals surface area contributed by atoms with Gasteiger partial charge in [0, 0.05) is 7.05 Å². The van der Waals surface area contributed by atoms with E-state index in [4.69, 9.17) is 5.26 Å². The number of hydrogen-bond donors (Lipinski definition) is 1. The van der Waals surface area contributed by atoms with Crippen molar-refractivity contribution in [3.05, 3.63) is 39.8 Å². The first-order valence-electron chi connectivity index (χ1n) is 6.89. The minimum atomic E-state index is -4.96. The van der Waals surface area contributed by atoms with Crippen molar-refractivity contribution in [1.29, 1.82) is 5.26 Å². The minimum absolute atomic E-state index is 0. The van der Waals surface area contributed by atoms with Gasteiger partial charge in [-0.1, -0.05) is 0 Å². The van der Waals surface area contributed by atoms with Gasteiger partial charge in [-0.2, -0.15) is 23.1 Å². The van der Waals surface area contributed by atoms with Crippen molar-refractivity contribution in [3.63, 3.8) is 0 Å². The van der Waals surface area contributed by atoms with Gasteiger partial charge in [0.2, 0.25) is 15.8 Å². The summed E-state index contributed by atoms with van der Waals surface area (Å²) in [6, 6.07) is 2.88. The van der Waals surface area contributed by atoms with Crippen molar-refractivity contribution in [3.8, 4) is 11.8 Å². The van der Waals surface area contributed by atoms with E-state index in [1.54, 1.807) is 6.07 Å². The quantitative estimate of drug-likeness (QED) is 0.564. The molecule has 1 aromatic carbocycles. The zero-order valence-corrected chi connectivity index (χ0v) is 14.1. The third-order valence-corrected chi connectivity index (χ3v) is 4.61. The Balaban J connectivity index is 0.00000364. The molecule has 0 amide bonds. The Kier molecular flexibility index (Phi) is 7.41. The van der Waals surface area contributed by atoms with Gasteiger partial charge >= 0.3 is 63.3 Å². The van der Waals surface area contributed by atoms with Gasteiger partial charge in [0.25, 0.3) is 0 Å². The first-order chi connectivity index (χ1) is 11.9. The Bertz CT molecular complexity index is 1070. The molecule has 0 unspecified atom stereocenters. The Morgan fingerprint density at radius 2 is 1.93 bits per heavy atom. The third kappa shape index (κ3) is 4.98. The Labute approximate surface area is 193 Å². The van der Waals surface area contributed by atoms with Crippen molar-refractivity contribution in [2.24, 2.45) is 7.05 Å². The second-order valence-corrected chi connectivity index (χ2v) is 7.05. The van der Waals surface area contributed by atoms with E-state index in [-0.39, 0.29) is 66.4 Å². The van der Waals surface area contributed by atoms with Crippen molar-refractivity contribution in [2.45, 2.75) is 13.1 Å². The number of nitrogens with zero attached hydrogens (tertiary/aromatic N) is 4. The molecular weight excluding hydrogens is 421 g/mol. The molecular formula is C13H12F4KN5O3S. The molecule has 14 heteroatoms. The molecule has 1 aromatic heterocycles. The van der Waals surface area contributed by atoms with Crippen LogP contribution in [0, 0.1) is 17.1 Å². The summed E-state index contributed by atoms with van der Waals surface area (Å²) in [5.74, 6) is -3.16. The van der Waals surface area contributed by atoms with Crippen LogP contribution in [0.25, 0.3) is 5.69 Å². The van der Waals surface area contributed by atoms with Crippen molar-refractivity contribution < 1.29 is 26.0 Å². The maximum atomic E-state index is 14.2. The van der Waals surface area contributed by atoms with E-state index < -0.39 is 50.5 Å². The molecule has 2 aromatic rings. The summed E-state index contributed by atoms with van der Waals surface area (Å²) < 4.78 is 78.5. The van der Waals surface area contributed by atoms with Crippen molar-refractivity contribution >= 4 is 67.1 Å². The number of halogens is 4. The fourth-order valence-electron chi connectivity index (χ4n) is 1.98. The van der Waals surface area contributed by atoms with Crippen molar-refractivity contribution in [2.75, 3.05) is 10.5 Å². The Morgan fingerprint density at radius 1 is 1.33 bits per heavy atom. The molecule has 0 aliphatic rings. The van der Waals surface area contributed by atoms with E-state index in [1.807, 2.05) is 4.72 Å². The molecule has 0 spiro atoms. The molecule has 27 heavy (non-hydrogen) atoms. The molecule has 142 valence electrons. The Hall–Kier alpha value is -1.24. The van der Waals surface area contributed by atoms with Gasteiger partial charge in [-0.05, 0) is 19.1 Å². The normalized spacial score (nSPS) is 11.6. The summed E-state index contributed by atoms with van der Waals surface area (Å²) in [6.45, 7) is 1.30. The first kappa shape index (κ1) is 23.8. The van der Waals surface area contributed by atoms with E-state index in [1.165, 1.54) is 6.92 Å². The standard InChI is InChI=1S/C13H11F4N5O3S.K.H/c1-3-26(24,25)20-9-5-10(8(14)4-7(9)6-18)22-12(23)21(2)11(19-22)13(15,16)17;;/h4-5,20H,3H2,1-2H3;;. The number of aromatic nitrogens is 3. The van der Waals surface area contributed by atoms with Crippen LogP contribution < -0.4 is 10.4 Å². The summed E-state index contributed by atoms with van der Waals surface area (Å²) in [4.78, 5) is 12.0. The molecule has 1 N–H and O–H groups in total. The van der Waals surface area contributed by atoms with Crippen molar-refractivity contribution in [1.82, 2.24) is 14.3 Å². The molecule has 0 saturated carbocycles. The van der Waals surface area contributed by atoms with Gasteiger partial charge in [-0.3, -0.25) is 9.29 Å². The summed E-state index contributed by atoms with van der Waals surface area (Å²) in [5.41, 5.74) is -2.85. The SMILES string of the molecule is CCS(=O)(=O)Nc1cc(-n2nc(C(F)(F)F)n(C)c2=O)c(F)cc1C#N.[KH]. The van der Waals surface area contributed by atoms with Gasteiger partial charge in [0.15, 0.2) is 5.82 Å². The monoisotopic (exact) mass is 433 g/mol. The number of alkyl halides is 3. The molecule has 0 radical (unpaired) electrons. The van der Waals surface area contributed by atoms with Gasteiger partial charge in [-0.15, -0.1) is 5.10 Å².